The summed E-state index contributed by atoms with van der Waals surface area (Å²) in [6.07, 6.45) is -3.87. The number of hydrogen-bond acceptors (Lipinski definition) is 6. The van der Waals surface area contributed by atoms with Crippen molar-refractivity contribution in [3.8, 4) is 17.2 Å². The standard InChI is InChI=1S/C24H24F3N3O5S/c1-16-3-9-19(10-4-16)34-20-13-7-18(8-14-20)30(36(2,32)33)15-22(23(28)31)29-17-5-11-21(12-6-17)35-24(25,26)27/h3-14,22,29H,15H2,1-2H3,(H2,28,31)/t22-/m0/s1. The molecule has 0 bridgehead atoms. The van der Waals surface area contributed by atoms with Gasteiger partial charge in [-0.15, -0.1) is 13.2 Å². The van der Waals surface area contributed by atoms with E-state index in [1.165, 1.54) is 24.3 Å². The lowest BCUT2D eigenvalue weighted by molar-refractivity contribution is -0.274. The quantitative estimate of drug-likeness (QED) is 0.407. The lowest BCUT2D eigenvalue weighted by Crippen LogP contribution is -2.47. The molecule has 0 fully saturated rings. The van der Waals surface area contributed by atoms with Gasteiger partial charge in [-0.3, -0.25) is 9.10 Å². The molecule has 3 aromatic carbocycles. The molecule has 0 saturated carbocycles. The normalized spacial score (nSPS) is 12.5. The number of nitrogens with two attached hydrogens (primary N) is 1. The number of rotatable bonds is 10. The van der Waals surface area contributed by atoms with E-state index in [1.54, 1.807) is 24.3 Å². The SMILES string of the molecule is Cc1ccc(Oc2ccc(N(C[C@H](Nc3ccc(OC(F)(F)F)cc3)C(N)=O)S(C)(=O)=O)cc2)cc1. The van der Waals surface area contributed by atoms with Crippen LogP contribution in [0.25, 0.3) is 0 Å². The number of hydrogen-bond donors (Lipinski definition) is 2. The highest BCUT2D eigenvalue weighted by Crippen LogP contribution is 2.27. The van der Waals surface area contributed by atoms with Gasteiger partial charge < -0.3 is 20.5 Å². The molecule has 192 valence electrons. The lowest BCUT2D eigenvalue weighted by Gasteiger charge is -2.27. The third-order valence-electron chi connectivity index (χ3n) is 4.90. The molecule has 1 amide bonds. The maximum Gasteiger partial charge on any atom is 0.573 e. The second-order valence-corrected chi connectivity index (χ2v) is 9.78. The van der Waals surface area contributed by atoms with Gasteiger partial charge in [-0.2, -0.15) is 0 Å². The third kappa shape index (κ3) is 7.80. The molecule has 0 aliphatic rings. The van der Waals surface area contributed by atoms with E-state index in [4.69, 9.17) is 10.5 Å². The van der Waals surface area contributed by atoms with Crippen LogP contribution in [0.5, 0.6) is 17.2 Å². The molecule has 3 rings (SSSR count). The zero-order chi connectivity index (χ0) is 26.5. The second kappa shape index (κ2) is 10.8. The molecule has 36 heavy (non-hydrogen) atoms. The van der Waals surface area contributed by atoms with E-state index in [0.717, 1.165) is 28.3 Å². The number of halogens is 3. The van der Waals surface area contributed by atoms with Crippen molar-refractivity contribution >= 4 is 27.3 Å². The topological polar surface area (TPSA) is 111 Å². The predicted octanol–water partition coefficient (Wildman–Crippen LogP) is 4.42. The van der Waals surface area contributed by atoms with Crippen molar-refractivity contribution in [3.05, 3.63) is 78.4 Å². The Balaban J connectivity index is 1.76. The maximum absolute atomic E-state index is 12.5. The number of nitrogens with one attached hydrogen (secondary N) is 1. The zero-order valence-corrected chi connectivity index (χ0v) is 20.1. The van der Waals surface area contributed by atoms with E-state index in [-0.39, 0.29) is 17.9 Å². The number of primary amides is 1. The van der Waals surface area contributed by atoms with Crippen LogP contribution in [0.4, 0.5) is 24.5 Å². The molecule has 3 aromatic rings. The number of alkyl halides is 3. The number of amides is 1. The van der Waals surface area contributed by atoms with Gasteiger partial charge >= 0.3 is 6.36 Å². The van der Waals surface area contributed by atoms with Crippen LogP contribution < -0.4 is 24.8 Å². The summed E-state index contributed by atoms with van der Waals surface area (Å²) in [5, 5.41) is 2.75. The molecule has 0 aliphatic heterocycles. The van der Waals surface area contributed by atoms with E-state index in [9.17, 15) is 26.4 Å². The van der Waals surface area contributed by atoms with Gasteiger partial charge in [0.2, 0.25) is 15.9 Å². The van der Waals surface area contributed by atoms with Crippen LogP contribution in [-0.4, -0.2) is 39.5 Å². The second-order valence-electron chi connectivity index (χ2n) is 7.87. The maximum atomic E-state index is 12.5. The number of benzene rings is 3. The Morgan fingerprint density at radius 1 is 0.944 bits per heavy atom. The number of carbonyl (C=O) groups is 1. The van der Waals surface area contributed by atoms with Gasteiger partial charge in [0.25, 0.3) is 0 Å². The summed E-state index contributed by atoms with van der Waals surface area (Å²) in [5.74, 6) is -0.229. The van der Waals surface area contributed by atoms with Crippen LogP contribution in [0, 0.1) is 6.92 Å². The average molecular weight is 524 g/mol. The van der Waals surface area contributed by atoms with E-state index < -0.39 is 34.1 Å². The van der Waals surface area contributed by atoms with Crippen LogP contribution in [0.3, 0.4) is 0 Å². The number of aryl methyl sites for hydroxylation is 1. The van der Waals surface area contributed by atoms with Gasteiger partial charge in [0.15, 0.2) is 0 Å². The number of carbonyl (C=O) groups excluding carboxylic acids is 1. The molecule has 12 heteroatoms. The highest BCUT2D eigenvalue weighted by atomic mass is 32.2. The van der Waals surface area contributed by atoms with Crippen LogP contribution in [0.1, 0.15) is 5.56 Å². The Hall–Kier alpha value is -3.93. The van der Waals surface area contributed by atoms with Crippen LogP contribution in [0.15, 0.2) is 72.8 Å². The van der Waals surface area contributed by atoms with Gasteiger partial charge in [0.05, 0.1) is 18.5 Å². The highest BCUT2D eigenvalue weighted by Gasteiger charge is 2.31. The Morgan fingerprint density at radius 3 is 1.92 bits per heavy atom. The lowest BCUT2D eigenvalue weighted by atomic mass is 10.2. The number of nitrogens with zero attached hydrogens (tertiary/aromatic N) is 1. The van der Waals surface area contributed by atoms with Crippen molar-refractivity contribution in [1.29, 1.82) is 0 Å². The highest BCUT2D eigenvalue weighted by molar-refractivity contribution is 7.92. The molecular formula is C24H24F3N3O5S. The molecule has 0 unspecified atom stereocenters. The smallest absolute Gasteiger partial charge is 0.457 e. The van der Waals surface area contributed by atoms with Crippen molar-refractivity contribution in [1.82, 2.24) is 0 Å². The predicted molar refractivity (Wildman–Crippen MR) is 130 cm³/mol. The monoisotopic (exact) mass is 523 g/mol. The van der Waals surface area contributed by atoms with Crippen molar-refractivity contribution in [2.75, 3.05) is 22.4 Å². The van der Waals surface area contributed by atoms with Crippen LogP contribution in [-0.2, 0) is 14.8 Å². The first-order valence-electron chi connectivity index (χ1n) is 10.5. The summed E-state index contributed by atoms with van der Waals surface area (Å²) in [6.45, 7) is 1.58. The largest absolute Gasteiger partial charge is 0.573 e. The molecule has 0 aromatic heterocycles. The van der Waals surface area contributed by atoms with Crippen molar-refractivity contribution in [3.63, 3.8) is 0 Å². The van der Waals surface area contributed by atoms with Crippen molar-refractivity contribution < 1.29 is 35.9 Å². The number of ether oxygens (including phenoxy) is 2. The zero-order valence-electron chi connectivity index (χ0n) is 19.3. The molecule has 3 N–H and O–H groups in total. The molecular weight excluding hydrogens is 499 g/mol. The molecule has 0 saturated heterocycles. The average Bonchev–Trinajstić information content (AvgIpc) is 2.78. The van der Waals surface area contributed by atoms with Crippen LogP contribution >= 0.6 is 0 Å². The first kappa shape index (κ1) is 26.7. The minimum Gasteiger partial charge on any atom is -0.457 e. The van der Waals surface area contributed by atoms with E-state index in [1.807, 2.05) is 19.1 Å². The first-order chi connectivity index (χ1) is 16.8. The minimum absolute atomic E-state index is 0.239. The Kier molecular flexibility index (Phi) is 7.98. The van der Waals surface area contributed by atoms with E-state index in [2.05, 4.69) is 10.1 Å². The van der Waals surface area contributed by atoms with Crippen molar-refractivity contribution in [2.45, 2.75) is 19.3 Å². The molecule has 0 heterocycles. The molecule has 0 aliphatic carbocycles. The summed E-state index contributed by atoms with van der Waals surface area (Å²) < 4.78 is 72.7. The fraction of sp³-hybridized carbons (Fsp3) is 0.208. The van der Waals surface area contributed by atoms with E-state index >= 15 is 0 Å². The Morgan fingerprint density at radius 2 is 1.44 bits per heavy atom. The molecule has 8 nitrogen and oxygen atoms in total. The van der Waals surface area contributed by atoms with Crippen LogP contribution in [0.2, 0.25) is 0 Å². The fourth-order valence-corrected chi connectivity index (χ4v) is 4.11. The van der Waals surface area contributed by atoms with E-state index in [0.29, 0.717) is 11.5 Å². The molecule has 0 radical (unpaired) electrons. The summed E-state index contributed by atoms with van der Waals surface area (Å²) in [4.78, 5) is 12.1. The third-order valence-corrected chi connectivity index (χ3v) is 6.06. The summed E-state index contributed by atoms with van der Waals surface area (Å²) >= 11 is 0. The Bertz CT molecular complexity index is 1280. The molecule has 1 atom stereocenters. The minimum atomic E-state index is -4.85. The summed E-state index contributed by atoms with van der Waals surface area (Å²) in [6, 6.07) is 17.0. The number of sulfonamides is 1. The summed E-state index contributed by atoms with van der Waals surface area (Å²) in [7, 11) is -3.84. The molecule has 0 spiro atoms. The number of anilines is 2. The Labute approximate surface area is 206 Å². The first-order valence-corrected chi connectivity index (χ1v) is 12.4. The van der Waals surface area contributed by atoms with Gasteiger partial charge in [-0.25, -0.2) is 8.42 Å². The van der Waals surface area contributed by atoms with Gasteiger partial charge in [0.1, 0.15) is 23.3 Å². The van der Waals surface area contributed by atoms with Gasteiger partial charge in [-0.1, -0.05) is 17.7 Å². The fourth-order valence-electron chi connectivity index (χ4n) is 3.18. The summed E-state index contributed by atoms with van der Waals surface area (Å²) in [5.41, 5.74) is 7.04. The van der Waals surface area contributed by atoms with Gasteiger partial charge in [0, 0.05) is 5.69 Å². The van der Waals surface area contributed by atoms with Crippen molar-refractivity contribution in [2.24, 2.45) is 5.73 Å². The van der Waals surface area contributed by atoms with Gasteiger partial charge in [-0.05, 0) is 67.6 Å².